The normalized spacial score (nSPS) is 12.6. The average molecular weight is 208 g/mol. The van der Waals surface area contributed by atoms with Gasteiger partial charge in [-0.3, -0.25) is 0 Å². The smallest absolute Gasteiger partial charge is 0.445 e. The van der Waals surface area contributed by atoms with E-state index in [1.807, 2.05) is 0 Å². The van der Waals surface area contributed by atoms with E-state index >= 15 is 0 Å². The molecule has 0 aliphatic heterocycles. The van der Waals surface area contributed by atoms with Gasteiger partial charge in [0, 0.05) is 0 Å². The first-order chi connectivity index (χ1) is 6.23. The third-order valence-electron chi connectivity index (χ3n) is 2.02. The first-order valence-electron chi connectivity index (χ1n) is 4.79. The predicted octanol–water partition coefficient (Wildman–Crippen LogP) is 2.91. The molecule has 0 spiro atoms. The minimum Gasteiger partial charge on any atom is -0.445 e. The van der Waals surface area contributed by atoms with Gasteiger partial charge < -0.3 is 17.8 Å². The maximum absolute atomic E-state index is 12.1. The van der Waals surface area contributed by atoms with Crippen molar-refractivity contribution in [3.8, 4) is 0 Å². The molecule has 0 saturated heterocycles. The van der Waals surface area contributed by atoms with E-state index in [0.717, 1.165) is 6.42 Å². The second-order valence-electron chi connectivity index (χ2n) is 4.15. The van der Waals surface area contributed by atoms with E-state index in [1.54, 1.807) is 11.9 Å². The molecular weight excluding hydrogens is 190 g/mol. The lowest BCUT2D eigenvalue weighted by molar-refractivity contribution is 0.330. The minimum atomic E-state index is -4.87. The van der Waals surface area contributed by atoms with Gasteiger partial charge in [-0.1, -0.05) is 13.8 Å². The summed E-state index contributed by atoms with van der Waals surface area (Å²) in [7, 11) is 1.69. The Balaban J connectivity index is 3.83. The lowest BCUT2D eigenvalue weighted by atomic mass is 9.80. The van der Waals surface area contributed by atoms with E-state index in [-0.39, 0.29) is 6.54 Å². The molecule has 0 aromatic heterocycles. The summed E-state index contributed by atoms with van der Waals surface area (Å²) in [6.07, 6.45) is 0.911. The Morgan fingerprint density at radius 1 is 1.36 bits per heavy atom. The van der Waals surface area contributed by atoms with E-state index in [2.05, 4.69) is 20.4 Å². The van der Waals surface area contributed by atoms with Crippen LogP contribution in [0.15, 0.2) is 12.1 Å². The van der Waals surface area contributed by atoms with Crippen LogP contribution >= 0.6 is 0 Å². The summed E-state index contributed by atoms with van der Waals surface area (Å²) in [5.41, 5.74) is -0.615. The van der Waals surface area contributed by atoms with Gasteiger partial charge in [0.2, 0.25) is 0 Å². The molecule has 0 bridgehead atoms. The Morgan fingerprint density at radius 3 is 2.21 bits per heavy atom. The fourth-order valence-electron chi connectivity index (χ4n) is 1.01. The zero-order chi connectivity index (χ0) is 11.4. The first-order valence-corrected chi connectivity index (χ1v) is 4.79. The van der Waals surface area contributed by atoms with Crippen LogP contribution in [-0.2, 0) is 0 Å². The molecule has 0 aliphatic rings. The van der Waals surface area contributed by atoms with Gasteiger partial charge in [-0.2, -0.15) is 0 Å². The summed E-state index contributed by atoms with van der Waals surface area (Å²) in [6.45, 7) is 2.90. The molecule has 0 rings (SSSR count). The van der Waals surface area contributed by atoms with Crippen molar-refractivity contribution < 1.29 is 12.9 Å². The molecule has 0 aromatic rings. The van der Waals surface area contributed by atoms with Crippen molar-refractivity contribution >= 4 is 6.98 Å². The second kappa shape index (κ2) is 5.44. The molecule has 0 unspecified atom stereocenters. The predicted molar refractivity (Wildman–Crippen MR) is 55.2 cm³/mol. The van der Waals surface area contributed by atoms with E-state index < -0.39 is 12.4 Å². The van der Waals surface area contributed by atoms with Crippen molar-refractivity contribution in [2.45, 2.75) is 20.3 Å². The molecule has 0 aliphatic carbocycles. The molecule has 1 nitrogen and oxygen atoms in total. The number of hydrogen-bond donors (Lipinski definition) is 0. The van der Waals surface area contributed by atoms with Crippen molar-refractivity contribution in [2.75, 3.05) is 20.1 Å². The highest BCUT2D eigenvalue weighted by atomic mass is 19.4. The first kappa shape index (κ1) is 13.6. The van der Waals surface area contributed by atoms with Crippen molar-refractivity contribution in [1.82, 2.24) is 4.90 Å². The fraction of sp³-hybridized carbons (Fsp3) is 0.778. The lowest BCUT2D eigenvalue weighted by Crippen LogP contribution is -2.31. The van der Waals surface area contributed by atoms with Crippen LogP contribution in [0.2, 0.25) is 0 Å². The van der Waals surface area contributed by atoms with Crippen LogP contribution in [0.4, 0.5) is 12.9 Å². The summed E-state index contributed by atoms with van der Waals surface area (Å²) in [5, 5.41) is 0. The molecular formula is C9H18BF3N-. The van der Waals surface area contributed by atoms with Gasteiger partial charge in [-0.25, -0.2) is 0 Å². The third kappa shape index (κ3) is 6.08. The molecule has 0 saturated carbocycles. The van der Waals surface area contributed by atoms with Crippen molar-refractivity contribution in [3.05, 3.63) is 12.1 Å². The maximum Gasteiger partial charge on any atom is 0.506 e. The summed E-state index contributed by atoms with van der Waals surface area (Å²) in [5.74, 6) is 0.516. The van der Waals surface area contributed by atoms with Gasteiger partial charge in [-0.05, 0) is 32.5 Å². The van der Waals surface area contributed by atoms with Crippen LogP contribution < -0.4 is 0 Å². The number of halogens is 3. The van der Waals surface area contributed by atoms with Gasteiger partial charge in [0.25, 0.3) is 0 Å². The maximum atomic E-state index is 12.1. The van der Waals surface area contributed by atoms with E-state index in [1.165, 1.54) is 0 Å². The zero-order valence-electron chi connectivity index (χ0n) is 9.06. The number of hydrogen-bond acceptors (Lipinski definition) is 1. The molecule has 0 aromatic carbocycles. The van der Waals surface area contributed by atoms with E-state index in [4.69, 9.17) is 0 Å². The van der Waals surface area contributed by atoms with Crippen LogP contribution in [0.5, 0.6) is 0 Å². The van der Waals surface area contributed by atoms with Gasteiger partial charge in [-0.15, -0.1) is 12.1 Å². The molecule has 0 heterocycles. The van der Waals surface area contributed by atoms with E-state index in [9.17, 15) is 12.9 Å². The fourth-order valence-corrected chi connectivity index (χ4v) is 1.01. The summed E-state index contributed by atoms with van der Waals surface area (Å²) in [4.78, 5) is 1.66. The molecule has 0 radical (unpaired) electrons. The van der Waals surface area contributed by atoms with Crippen LogP contribution in [0.1, 0.15) is 20.3 Å². The quantitative estimate of drug-likeness (QED) is 0.606. The SMILES string of the molecule is C=C(CN(C)CCC(C)C)[B-](F)(F)F. The highest BCUT2D eigenvalue weighted by Crippen LogP contribution is 2.18. The summed E-state index contributed by atoms with van der Waals surface area (Å²) in [6, 6.07) is 0. The van der Waals surface area contributed by atoms with Crippen molar-refractivity contribution in [3.63, 3.8) is 0 Å². The lowest BCUT2D eigenvalue weighted by Gasteiger charge is -2.24. The topological polar surface area (TPSA) is 3.24 Å². The third-order valence-corrected chi connectivity index (χ3v) is 2.02. The van der Waals surface area contributed by atoms with Gasteiger partial charge in [0.05, 0.1) is 0 Å². The number of nitrogens with zero attached hydrogens (tertiary/aromatic N) is 1. The molecule has 0 fully saturated rings. The monoisotopic (exact) mass is 208 g/mol. The van der Waals surface area contributed by atoms with Crippen LogP contribution in [0, 0.1) is 5.92 Å². The summed E-state index contributed by atoms with van der Waals surface area (Å²) >= 11 is 0. The van der Waals surface area contributed by atoms with Crippen molar-refractivity contribution in [1.29, 1.82) is 0 Å². The zero-order valence-corrected chi connectivity index (χ0v) is 9.06. The number of rotatable bonds is 6. The van der Waals surface area contributed by atoms with Crippen LogP contribution in [0.3, 0.4) is 0 Å². The standard InChI is InChI=1S/C9H18BF3N/c1-8(2)5-6-14(4)7-9(3)10(11,12)13/h8H,3,5-7H2,1-2,4H3/q-1. The van der Waals surface area contributed by atoms with Crippen LogP contribution in [0.25, 0.3) is 0 Å². The van der Waals surface area contributed by atoms with Crippen molar-refractivity contribution in [2.24, 2.45) is 5.92 Å². The molecule has 0 atom stereocenters. The highest BCUT2D eigenvalue weighted by molar-refractivity contribution is 6.66. The second-order valence-corrected chi connectivity index (χ2v) is 4.15. The molecule has 5 heteroatoms. The Hall–Kier alpha value is -0.445. The summed E-state index contributed by atoms with van der Waals surface area (Å²) < 4.78 is 36.4. The Bertz CT molecular complexity index is 189. The number of likely N-dealkylation sites (N-methyl/N-ethyl adjacent to an activating group) is 1. The molecule has 0 N–H and O–H groups in total. The molecule has 84 valence electrons. The Kier molecular flexibility index (Phi) is 5.27. The van der Waals surface area contributed by atoms with Gasteiger partial charge in [0.15, 0.2) is 0 Å². The Morgan fingerprint density at radius 2 is 1.86 bits per heavy atom. The average Bonchev–Trinajstić information content (AvgIpc) is 1.99. The Labute approximate surface area is 84.0 Å². The van der Waals surface area contributed by atoms with Gasteiger partial charge in [0.1, 0.15) is 0 Å². The molecule has 14 heavy (non-hydrogen) atoms. The van der Waals surface area contributed by atoms with Gasteiger partial charge >= 0.3 is 6.98 Å². The van der Waals surface area contributed by atoms with E-state index in [0.29, 0.717) is 12.5 Å². The molecule has 0 amide bonds. The van der Waals surface area contributed by atoms with Crippen LogP contribution in [-0.4, -0.2) is 32.0 Å². The minimum absolute atomic E-state index is 0.0732. The highest BCUT2D eigenvalue weighted by Gasteiger charge is 2.26. The largest absolute Gasteiger partial charge is 0.506 e.